The van der Waals surface area contributed by atoms with E-state index >= 15 is 0 Å². The normalized spacial score (nSPS) is 34.6. The Balaban J connectivity index is 1.48. The summed E-state index contributed by atoms with van der Waals surface area (Å²) in [5.41, 5.74) is 0. The van der Waals surface area contributed by atoms with E-state index in [-0.39, 0.29) is 18.1 Å². The third kappa shape index (κ3) is 2.39. The van der Waals surface area contributed by atoms with Gasteiger partial charge in [0.1, 0.15) is 0 Å². The fraction of sp³-hybridized carbons (Fsp3) is 0.923. The van der Waals surface area contributed by atoms with Gasteiger partial charge in [0.25, 0.3) is 0 Å². The van der Waals surface area contributed by atoms with Gasteiger partial charge < -0.3 is 15.3 Å². The molecule has 1 aliphatic carbocycles. The number of piperazine rings is 1. The minimum atomic E-state index is -0.352. The van der Waals surface area contributed by atoms with Crippen molar-refractivity contribution in [2.24, 2.45) is 0 Å². The van der Waals surface area contributed by atoms with Gasteiger partial charge in [0, 0.05) is 38.8 Å². The van der Waals surface area contributed by atoms with Gasteiger partial charge in [-0.05, 0) is 19.3 Å². The van der Waals surface area contributed by atoms with E-state index in [1.807, 2.05) is 4.90 Å². The van der Waals surface area contributed by atoms with Crippen LogP contribution < -0.4 is 5.32 Å². The maximum atomic E-state index is 12.2. The summed E-state index contributed by atoms with van der Waals surface area (Å²) < 4.78 is 0. The van der Waals surface area contributed by atoms with Gasteiger partial charge in [0.05, 0.1) is 12.1 Å². The molecule has 3 rings (SSSR count). The highest BCUT2D eigenvalue weighted by Crippen LogP contribution is 2.25. The molecule has 2 aliphatic heterocycles. The maximum Gasteiger partial charge on any atom is 0.239 e. The Hall–Kier alpha value is -0.650. The summed E-state index contributed by atoms with van der Waals surface area (Å²) in [6.07, 6.45) is 4.26. The molecule has 0 aromatic rings. The zero-order chi connectivity index (χ0) is 12.5. The molecule has 0 bridgehead atoms. The van der Waals surface area contributed by atoms with Crippen molar-refractivity contribution in [3.63, 3.8) is 0 Å². The molecule has 5 nitrogen and oxygen atoms in total. The molecular formula is C13H23N3O2. The van der Waals surface area contributed by atoms with Gasteiger partial charge >= 0.3 is 0 Å². The van der Waals surface area contributed by atoms with Crippen LogP contribution in [-0.2, 0) is 4.79 Å². The van der Waals surface area contributed by atoms with Crippen LogP contribution in [0.15, 0.2) is 0 Å². The Morgan fingerprint density at radius 1 is 1.17 bits per heavy atom. The highest BCUT2D eigenvalue weighted by atomic mass is 16.3. The van der Waals surface area contributed by atoms with Gasteiger partial charge in [-0.2, -0.15) is 0 Å². The fourth-order valence-electron chi connectivity index (χ4n) is 3.18. The summed E-state index contributed by atoms with van der Waals surface area (Å²) >= 11 is 0. The lowest BCUT2D eigenvalue weighted by atomic mass is 9.91. The van der Waals surface area contributed by atoms with Gasteiger partial charge in [0.2, 0.25) is 5.91 Å². The molecule has 3 aliphatic rings. The van der Waals surface area contributed by atoms with E-state index in [0.29, 0.717) is 13.0 Å². The molecular weight excluding hydrogens is 230 g/mol. The summed E-state index contributed by atoms with van der Waals surface area (Å²) in [6, 6.07) is 0.629. The summed E-state index contributed by atoms with van der Waals surface area (Å²) in [5.74, 6) is 0.180. The number of carbonyl (C=O) groups excluding carboxylic acids is 1. The SMILES string of the molecule is O=C(C1CC(O)CN1)N1CCN(C2CCC2)CC1. The first-order chi connectivity index (χ1) is 8.74. The lowest BCUT2D eigenvalue weighted by molar-refractivity contribution is -0.135. The van der Waals surface area contributed by atoms with Crippen LogP contribution in [0.3, 0.4) is 0 Å². The van der Waals surface area contributed by atoms with Crippen LogP contribution >= 0.6 is 0 Å². The van der Waals surface area contributed by atoms with Crippen molar-refractivity contribution in [2.45, 2.75) is 43.9 Å². The van der Waals surface area contributed by atoms with Gasteiger partial charge in [-0.3, -0.25) is 9.69 Å². The molecule has 2 unspecified atom stereocenters. The summed E-state index contributed by atoms with van der Waals surface area (Å²) in [6.45, 7) is 4.29. The number of nitrogens with zero attached hydrogens (tertiary/aromatic N) is 2. The molecule has 0 aromatic heterocycles. The molecule has 2 atom stereocenters. The predicted molar refractivity (Wildman–Crippen MR) is 68.2 cm³/mol. The van der Waals surface area contributed by atoms with Crippen molar-refractivity contribution < 1.29 is 9.90 Å². The molecule has 1 amide bonds. The second-order valence-electron chi connectivity index (χ2n) is 5.80. The maximum absolute atomic E-state index is 12.2. The summed E-state index contributed by atoms with van der Waals surface area (Å²) in [7, 11) is 0. The number of nitrogens with one attached hydrogen (secondary N) is 1. The minimum Gasteiger partial charge on any atom is -0.392 e. The molecule has 1 saturated carbocycles. The zero-order valence-electron chi connectivity index (χ0n) is 10.8. The molecule has 0 spiro atoms. The van der Waals surface area contributed by atoms with Gasteiger partial charge in [-0.25, -0.2) is 0 Å². The predicted octanol–water partition coefficient (Wildman–Crippen LogP) is -0.594. The number of carbonyl (C=O) groups is 1. The van der Waals surface area contributed by atoms with Crippen LogP contribution in [0, 0.1) is 0 Å². The van der Waals surface area contributed by atoms with E-state index in [2.05, 4.69) is 10.2 Å². The number of amides is 1. The molecule has 2 N–H and O–H groups in total. The van der Waals surface area contributed by atoms with Crippen LogP contribution in [0.4, 0.5) is 0 Å². The lowest BCUT2D eigenvalue weighted by Gasteiger charge is -2.43. The number of aliphatic hydroxyl groups is 1. The van der Waals surface area contributed by atoms with Crippen LogP contribution in [0.2, 0.25) is 0 Å². The van der Waals surface area contributed by atoms with Crippen LogP contribution in [0.1, 0.15) is 25.7 Å². The van der Waals surface area contributed by atoms with E-state index in [9.17, 15) is 9.90 Å². The van der Waals surface area contributed by atoms with Crippen molar-refractivity contribution in [2.75, 3.05) is 32.7 Å². The topological polar surface area (TPSA) is 55.8 Å². The Kier molecular flexibility index (Phi) is 3.54. The van der Waals surface area contributed by atoms with Gasteiger partial charge in [0.15, 0.2) is 0 Å². The van der Waals surface area contributed by atoms with Crippen molar-refractivity contribution in [3.8, 4) is 0 Å². The number of hydrogen-bond acceptors (Lipinski definition) is 4. The molecule has 18 heavy (non-hydrogen) atoms. The van der Waals surface area contributed by atoms with Gasteiger partial charge in [-0.1, -0.05) is 6.42 Å². The van der Waals surface area contributed by atoms with Crippen molar-refractivity contribution in [1.82, 2.24) is 15.1 Å². The Morgan fingerprint density at radius 3 is 2.39 bits per heavy atom. The Bertz CT molecular complexity index is 311. The van der Waals surface area contributed by atoms with E-state index in [0.717, 1.165) is 32.2 Å². The van der Waals surface area contributed by atoms with Crippen LogP contribution in [-0.4, -0.2) is 71.7 Å². The van der Waals surface area contributed by atoms with E-state index in [4.69, 9.17) is 0 Å². The minimum absolute atomic E-state index is 0.157. The van der Waals surface area contributed by atoms with Crippen molar-refractivity contribution in [3.05, 3.63) is 0 Å². The summed E-state index contributed by atoms with van der Waals surface area (Å²) in [4.78, 5) is 16.7. The molecule has 0 radical (unpaired) electrons. The highest BCUT2D eigenvalue weighted by molar-refractivity contribution is 5.82. The third-order valence-electron chi connectivity index (χ3n) is 4.62. The average Bonchev–Trinajstić information content (AvgIpc) is 2.74. The van der Waals surface area contributed by atoms with Crippen molar-refractivity contribution >= 4 is 5.91 Å². The summed E-state index contributed by atoms with van der Waals surface area (Å²) in [5, 5.41) is 12.6. The number of β-amino-alcohol motifs (C(OH)–C–C–N with tert-alkyl or cyclic N) is 1. The molecule has 2 saturated heterocycles. The number of aliphatic hydroxyl groups excluding tert-OH is 1. The largest absolute Gasteiger partial charge is 0.392 e. The Morgan fingerprint density at radius 2 is 1.89 bits per heavy atom. The fourth-order valence-corrected chi connectivity index (χ4v) is 3.18. The standard InChI is InChI=1S/C13H23N3O2/c17-11-8-12(14-9-11)13(18)16-6-4-15(5-7-16)10-2-1-3-10/h10-12,14,17H,1-9H2. The van der Waals surface area contributed by atoms with E-state index < -0.39 is 0 Å². The molecule has 3 fully saturated rings. The van der Waals surface area contributed by atoms with E-state index in [1.54, 1.807) is 0 Å². The third-order valence-corrected chi connectivity index (χ3v) is 4.62. The zero-order valence-corrected chi connectivity index (χ0v) is 10.8. The first kappa shape index (κ1) is 12.4. The highest BCUT2D eigenvalue weighted by Gasteiger charge is 2.34. The van der Waals surface area contributed by atoms with Crippen molar-refractivity contribution in [1.29, 1.82) is 0 Å². The molecule has 0 aromatic carbocycles. The first-order valence-electron chi connectivity index (χ1n) is 7.18. The molecule has 5 heteroatoms. The molecule has 102 valence electrons. The second-order valence-corrected chi connectivity index (χ2v) is 5.80. The quantitative estimate of drug-likeness (QED) is 0.690. The first-order valence-corrected chi connectivity index (χ1v) is 7.18. The Labute approximate surface area is 108 Å². The number of rotatable bonds is 2. The second kappa shape index (κ2) is 5.15. The smallest absolute Gasteiger partial charge is 0.239 e. The van der Waals surface area contributed by atoms with Crippen LogP contribution in [0.25, 0.3) is 0 Å². The number of hydrogen-bond donors (Lipinski definition) is 2. The average molecular weight is 253 g/mol. The molecule has 2 heterocycles. The lowest BCUT2D eigenvalue weighted by Crippen LogP contribution is -2.56. The van der Waals surface area contributed by atoms with Gasteiger partial charge in [-0.15, -0.1) is 0 Å². The van der Waals surface area contributed by atoms with E-state index in [1.165, 1.54) is 19.3 Å². The monoisotopic (exact) mass is 253 g/mol. The van der Waals surface area contributed by atoms with Crippen LogP contribution in [0.5, 0.6) is 0 Å².